The van der Waals surface area contributed by atoms with Crippen molar-refractivity contribution in [3.05, 3.63) is 82.9 Å². The van der Waals surface area contributed by atoms with E-state index in [1.54, 1.807) is 6.07 Å². The van der Waals surface area contributed by atoms with E-state index in [1.165, 1.54) is 10.8 Å². The number of halogens is 1. The van der Waals surface area contributed by atoms with Gasteiger partial charge < -0.3 is 5.32 Å². The highest BCUT2D eigenvalue weighted by molar-refractivity contribution is 6.31. The predicted octanol–water partition coefficient (Wildman–Crippen LogP) is 4.91. The molecule has 1 amide bonds. The molecule has 0 aliphatic carbocycles. The summed E-state index contributed by atoms with van der Waals surface area (Å²) >= 11 is 6.12. The molecule has 116 valence electrons. The second-order valence-corrected chi connectivity index (χ2v) is 6.03. The van der Waals surface area contributed by atoms with E-state index in [0.717, 1.165) is 11.1 Å². The molecule has 3 rings (SSSR count). The van der Waals surface area contributed by atoms with E-state index >= 15 is 0 Å². The number of hydrogen-bond acceptors (Lipinski definition) is 1. The van der Waals surface area contributed by atoms with E-state index in [-0.39, 0.29) is 18.4 Å². The maximum absolute atomic E-state index is 12.3. The molecule has 1 unspecified atom stereocenters. The fourth-order valence-electron chi connectivity index (χ4n) is 2.81. The third-order valence-corrected chi connectivity index (χ3v) is 4.34. The number of carbonyl (C=O) groups excluding carboxylic acids is 1. The van der Waals surface area contributed by atoms with Gasteiger partial charge in [0.1, 0.15) is 0 Å². The lowest BCUT2D eigenvalue weighted by Gasteiger charge is -2.17. The summed E-state index contributed by atoms with van der Waals surface area (Å²) in [5, 5.41) is 6.04. The van der Waals surface area contributed by atoms with Gasteiger partial charge in [-0.25, -0.2) is 0 Å². The van der Waals surface area contributed by atoms with Gasteiger partial charge in [0, 0.05) is 5.02 Å². The van der Waals surface area contributed by atoms with Crippen LogP contribution in [-0.2, 0) is 11.2 Å². The Morgan fingerprint density at radius 1 is 1.00 bits per heavy atom. The van der Waals surface area contributed by atoms with Gasteiger partial charge in [-0.15, -0.1) is 0 Å². The number of rotatable bonds is 4. The summed E-state index contributed by atoms with van der Waals surface area (Å²) in [5.74, 6) is -0.0291. The molecule has 0 aliphatic rings. The van der Waals surface area contributed by atoms with Crippen molar-refractivity contribution in [2.24, 2.45) is 0 Å². The van der Waals surface area contributed by atoms with Gasteiger partial charge in [-0.1, -0.05) is 72.3 Å². The number of nitrogens with one attached hydrogen (secondary N) is 1. The topological polar surface area (TPSA) is 29.1 Å². The van der Waals surface area contributed by atoms with Crippen LogP contribution in [0.1, 0.15) is 24.1 Å². The first-order chi connectivity index (χ1) is 11.1. The van der Waals surface area contributed by atoms with Gasteiger partial charge in [-0.3, -0.25) is 4.79 Å². The van der Waals surface area contributed by atoms with E-state index in [9.17, 15) is 4.79 Å². The van der Waals surface area contributed by atoms with Gasteiger partial charge in [0.05, 0.1) is 12.5 Å². The Kier molecular flexibility index (Phi) is 4.63. The quantitative estimate of drug-likeness (QED) is 0.726. The number of carbonyl (C=O) groups is 1. The van der Waals surface area contributed by atoms with Crippen LogP contribution >= 0.6 is 11.6 Å². The monoisotopic (exact) mass is 323 g/mol. The Morgan fingerprint density at radius 3 is 2.52 bits per heavy atom. The molecule has 0 saturated carbocycles. The highest BCUT2D eigenvalue weighted by Gasteiger charge is 2.13. The summed E-state index contributed by atoms with van der Waals surface area (Å²) in [5.41, 5.74) is 1.97. The number of fused-ring (bicyclic) bond motifs is 1. The van der Waals surface area contributed by atoms with Crippen LogP contribution in [0.4, 0.5) is 0 Å². The van der Waals surface area contributed by atoms with E-state index in [2.05, 4.69) is 29.6 Å². The van der Waals surface area contributed by atoms with Crippen molar-refractivity contribution in [3.8, 4) is 0 Å². The molecule has 0 saturated heterocycles. The first-order valence-electron chi connectivity index (χ1n) is 7.65. The van der Waals surface area contributed by atoms with Crippen molar-refractivity contribution < 1.29 is 4.79 Å². The first-order valence-corrected chi connectivity index (χ1v) is 8.03. The molecule has 1 N–H and O–H groups in total. The van der Waals surface area contributed by atoms with Crippen molar-refractivity contribution in [1.82, 2.24) is 5.32 Å². The zero-order valence-electron chi connectivity index (χ0n) is 12.9. The first kappa shape index (κ1) is 15.6. The summed E-state index contributed by atoms with van der Waals surface area (Å²) in [4.78, 5) is 12.3. The van der Waals surface area contributed by atoms with Gasteiger partial charge >= 0.3 is 0 Å². The summed E-state index contributed by atoms with van der Waals surface area (Å²) in [6.45, 7) is 2.01. The third kappa shape index (κ3) is 3.54. The lowest BCUT2D eigenvalue weighted by Crippen LogP contribution is -2.28. The Labute approximate surface area is 141 Å². The van der Waals surface area contributed by atoms with Crippen LogP contribution < -0.4 is 5.32 Å². The SMILES string of the molecule is CC(NC(=O)Cc1ccccc1Cl)c1cccc2ccccc12. The zero-order valence-corrected chi connectivity index (χ0v) is 13.7. The second-order valence-electron chi connectivity index (χ2n) is 5.63. The maximum atomic E-state index is 12.3. The van der Waals surface area contributed by atoms with Gasteiger partial charge in [-0.05, 0) is 34.9 Å². The average Bonchev–Trinajstić information content (AvgIpc) is 2.56. The van der Waals surface area contributed by atoms with Crippen LogP contribution in [0, 0.1) is 0 Å². The van der Waals surface area contributed by atoms with E-state index in [0.29, 0.717) is 5.02 Å². The van der Waals surface area contributed by atoms with Crippen molar-refractivity contribution in [2.75, 3.05) is 0 Å². The van der Waals surface area contributed by atoms with Crippen LogP contribution in [0.2, 0.25) is 5.02 Å². The predicted molar refractivity (Wildman–Crippen MR) is 95.7 cm³/mol. The van der Waals surface area contributed by atoms with E-state index in [1.807, 2.05) is 43.3 Å². The lowest BCUT2D eigenvalue weighted by atomic mass is 9.99. The molecule has 3 heteroatoms. The summed E-state index contributed by atoms with van der Waals surface area (Å²) in [6, 6.07) is 21.7. The van der Waals surface area contributed by atoms with Crippen LogP contribution in [0.5, 0.6) is 0 Å². The molecule has 0 fully saturated rings. The highest BCUT2D eigenvalue weighted by Crippen LogP contribution is 2.24. The van der Waals surface area contributed by atoms with Crippen molar-refractivity contribution >= 4 is 28.3 Å². The van der Waals surface area contributed by atoms with E-state index < -0.39 is 0 Å². The molecule has 23 heavy (non-hydrogen) atoms. The number of amides is 1. The Hall–Kier alpha value is -2.32. The molecule has 0 aromatic heterocycles. The normalized spacial score (nSPS) is 12.1. The highest BCUT2D eigenvalue weighted by atomic mass is 35.5. The molecule has 3 aromatic carbocycles. The molecular formula is C20H18ClNO. The molecular weight excluding hydrogens is 306 g/mol. The number of hydrogen-bond donors (Lipinski definition) is 1. The second kappa shape index (κ2) is 6.84. The fourth-order valence-corrected chi connectivity index (χ4v) is 3.02. The summed E-state index contributed by atoms with van der Waals surface area (Å²) in [7, 11) is 0. The van der Waals surface area contributed by atoms with Crippen LogP contribution in [-0.4, -0.2) is 5.91 Å². The molecule has 0 aliphatic heterocycles. The number of benzene rings is 3. The Bertz CT molecular complexity index is 838. The van der Waals surface area contributed by atoms with Crippen LogP contribution in [0.15, 0.2) is 66.7 Å². The van der Waals surface area contributed by atoms with Gasteiger partial charge in [-0.2, -0.15) is 0 Å². The molecule has 0 spiro atoms. The molecule has 0 bridgehead atoms. The summed E-state index contributed by atoms with van der Waals surface area (Å²) < 4.78 is 0. The lowest BCUT2D eigenvalue weighted by molar-refractivity contribution is -0.121. The third-order valence-electron chi connectivity index (χ3n) is 3.98. The van der Waals surface area contributed by atoms with Crippen molar-refractivity contribution in [1.29, 1.82) is 0 Å². The minimum absolute atomic E-state index is 0.0291. The smallest absolute Gasteiger partial charge is 0.224 e. The van der Waals surface area contributed by atoms with Crippen molar-refractivity contribution in [3.63, 3.8) is 0 Å². The zero-order chi connectivity index (χ0) is 16.2. The summed E-state index contributed by atoms with van der Waals surface area (Å²) in [6.07, 6.45) is 0.286. The van der Waals surface area contributed by atoms with Crippen LogP contribution in [0.3, 0.4) is 0 Å². The molecule has 3 aromatic rings. The van der Waals surface area contributed by atoms with E-state index in [4.69, 9.17) is 11.6 Å². The molecule has 2 nitrogen and oxygen atoms in total. The maximum Gasteiger partial charge on any atom is 0.224 e. The minimum atomic E-state index is -0.0592. The van der Waals surface area contributed by atoms with Crippen LogP contribution in [0.25, 0.3) is 10.8 Å². The standard InChI is InChI=1S/C20H18ClNO/c1-14(17-11-6-9-15-7-2-4-10-18(15)17)22-20(23)13-16-8-3-5-12-19(16)21/h2-12,14H,13H2,1H3,(H,22,23). The molecule has 0 radical (unpaired) electrons. The van der Waals surface area contributed by atoms with Crippen molar-refractivity contribution in [2.45, 2.75) is 19.4 Å². The van der Waals surface area contributed by atoms with Gasteiger partial charge in [0.2, 0.25) is 5.91 Å². The van der Waals surface area contributed by atoms with Gasteiger partial charge in [0.25, 0.3) is 0 Å². The minimum Gasteiger partial charge on any atom is -0.349 e. The fraction of sp³-hybridized carbons (Fsp3) is 0.150. The largest absolute Gasteiger partial charge is 0.349 e. The van der Waals surface area contributed by atoms with Gasteiger partial charge in [0.15, 0.2) is 0 Å². The molecule has 0 heterocycles. The Balaban J connectivity index is 1.77. The molecule has 1 atom stereocenters. The average molecular weight is 324 g/mol. The Morgan fingerprint density at radius 2 is 1.70 bits per heavy atom.